The maximum Gasteiger partial charge on any atom is 0.303 e. The number of fused-ring (bicyclic) bond motifs is 5. The Labute approximate surface area is 224 Å². The Morgan fingerprint density at radius 2 is 1.73 bits per heavy atom. The molecule has 4 saturated carbocycles. The fourth-order valence-corrected chi connectivity index (χ4v) is 9.95. The SMILES string of the molecule is CC(=O)O[C@H]1CC[C@]2(C)[C@H]3CC[C@]4(C)[C@@H]([C@H](C)CCCC(C)C)CC[C@H]4[C@H]3C/C(=N/O)[C@@]2(OC(C)=O)C1. The third-order valence-corrected chi connectivity index (χ3v) is 11.5. The summed E-state index contributed by atoms with van der Waals surface area (Å²) in [5, 5.41) is 14.2. The number of esters is 2. The molecule has 9 atom stereocenters. The predicted octanol–water partition coefficient (Wildman–Crippen LogP) is 7.17. The van der Waals surface area contributed by atoms with Gasteiger partial charge in [0.05, 0.1) is 0 Å². The van der Waals surface area contributed by atoms with Crippen LogP contribution in [0.15, 0.2) is 5.16 Å². The van der Waals surface area contributed by atoms with Crippen molar-refractivity contribution in [3.63, 3.8) is 0 Å². The van der Waals surface area contributed by atoms with Crippen LogP contribution in [-0.4, -0.2) is 34.6 Å². The molecule has 0 aliphatic heterocycles. The van der Waals surface area contributed by atoms with Gasteiger partial charge in [0.15, 0.2) is 5.60 Å². The molecule has 4 rings (SSSR count). The summed E-state index contributed by atoms with van der Waals surface area (Å²) in [5.74, 6) is 2.96. The van der Waals surface area contributed by atoms with Crippen LogP contribution in [0.5, 0.6) is 0 Å². The lowest BCUT2D eigenvalue weighted by Crippen LogP contribution is -2.68. The standard InChI is InChI=1S/C31H51NO5/c1-19(2)9-8-10-20(3)25-11-12-26-24-17-28(32-35)31(37-22(5)34)18-23(36-21(4)33)13-16-30(31,7)27(24)14-15-29(25,26)6/h19-20,23-27,35H,8-18H2,1-7H3/b32-28-/t20-,23+,24-,25-,26+,27+,29-,30-,31+/m1/s1. The van der Waals surface area contributed by atoms with Crippen molar-refractivity contribution in [2.45, 2.75) is 131 Å². The Morgan fingerprint density at radius 3 is 2.35 bits per heavy atom. The van der Waals surface area contributed by atoms with Crippen LogP contribution in [0.4, 0.5) is 0 Å². The number of rotatable bonds is 7. The molecule has 0 aromatic rings. The van der Waals surface area contributed by atoms with Crippen LogP contribution in [0.25, 0.3) is 0 Å². The monoisotopic (exact) mass is 517 g/mol. The zero-order chi connectivity index (χ0) is 27.2. The van der Waals surface area contributed by atoms with Gasteiger partial charge >= 0.3 is 11.9 Å². The van der Waals surface area contributed by atoms with E-state index >= 15 is 0 Å². The van der Waals surface area contributed by atoms with Crippen LogP contribution < -0.4 is 0 Å². The van der Waals surface area contributed by atoms with Crippen molar-refractivity contribution >= 4 is 17.7 Å². The Morgan fingerprint density at radius 1 is 1.00 bits per heavy atom. The second kappa shape index (κ2) is 10.5. The topological polar surface area (TPSA) is 85.2 Å². The molecular formula is C31H51NO5. The highest BCUT2D eigenvalue weighted by molar-refractivity contribution is 5.96. The minimum absolute atomic E-state index is 0.311. The Hall–Kier alpha value is -1.59. The van der Waals surface area contributed by atoms with E-state index in [1.165, 1.54) is 52.4 Å². The van der Waals surface area contributed by atoms with E-state index in [1.807, 2.05) is 0 Å². The van der Waals surface area contributed by atoms with E-state index in [0.717, 1.165) is 37.0 Å². The van der Waals surface area contributed by atoms with Crippen LogP contribution in [0, 0.1) is 46.3 Å². The van der Waals surface area contributed by atoms with Gasteiger partial charge in [0.25, 0.3) is 0 Å². The first kappa shape index (κ1) is 28.4. The van der Waals surface area contributed by atoms with Gasteiger partial charge in [-0.3, -0.25) is 9.59 Å². The van der Waals surface area contributed by atoms with Crippen LogP contribution >= 0.6 is 0 Å². The van der Waals surface area contributed by atoms with Gasteiger partial charge in [-0.25, -0.2) is 0 Å². The first-order chi connectivity index (χ1) is 17.4. The number of ether oxygens (including phenoxy) is 2. The van der Waals surface area contributed by atoms with Gasteiger partial charge in [0, 0.05) is 25.7 Å². The van der Waals surface area contributed by atoms with E-state index in [0.29, 0.717) is 41.7 Å². The lowest BCUT2D eigenvalue weighted by atomic mass is 9.42. The molecule has 4 aliphatic rings. The zero-order valence-corrected chi connectivity index (χ0v) is 24.3. The van der Waals surface area contributed by atoms with Crippen molar-refractivity contribution < 1.29 is 24.3 Å². The van der Waals surface area contributed by atoms with Crippen molar-refractivity contribution in [1.29, 1.82) is 0 Å². The second-order valence-electron chi connectivity index (χ2n) is 14.0. The van der Waals surface area contributed by atoms with Gasteiger partial charge in [-0.1, -0.05) is 59.0 Å². The summed E-state index contributed by atoms with van der Waals surface area (Å²) in [5.41, 5.74) is -0.474. The highest BCUT2D eigenvalue weighted by Crippen LogP contribution is 2.69. The number of oxime groups is 1. The van der Waals surface area contributed by atoms with Crippen molar-refractivity contribution in [2.75, 3.05) is 0 Å². The highest BCUT2D eigenvalue weighted by atomic mass is 16.6. The van der Waals surface area contributed by atoms with Crippen LogP contribution in [-0.2, 0) is 19.1 Å². The summed E-state index contributed by atoms with van der Waals surface area (Å²) < 4.78 is 11.8. The van der Waals surface area contributed by atoms with Crippen molar-refractivity contribution in [1.82, 2.24) is 0 Å². The molecule has 0 amide bonds. The third kappa shape index (κ3) is 4.84. The second-order valence-corrected chi connectivity index (χ2v) is 14.0. The molecule has 0 bridgehead atoms. The zero-order valence-electron chi connectivity index (χ0n) is 24.3. The summed E-state index contributed by atoms with van der Waals surface area (Å²) in [6.45, 7) is 14.8. The van der Waals surface area contributed by atoms with Crippen molar-refractivity contribution in [2.24, 2.45) is 51.5 Å². The van der Waals surface area contributed by atoms with E-state index in [4.69, 9.17) is 9.47 Å². The summed E-state index contributed by atoms with van der Waals surface area (Å²) in [6.07, 6.45) is 11.0. The van der Waals surface area contributed by atoms with E-state index in [1.54, 1.807) is 0 Å². The molecule has 4 aliphatic carbocycles. The average Bonchev–Trinajstić information content (AvgIpc) is 3.15. The molecule has 6 nitrogen and oxygen atoms in total. The summed E-state index contributed by atoms with van der Waals surface area (Å²) >= 11 is 0. The lowest BCUT2D eigenvalue weighted by Gasteiger charge is -2.64. The first-order valence-electron chi connectivity index (χ1n) is 15.0. The van der Waals surface area contributed by atoms with E-state index in [-0.39, 0.29) is 23.5 Å². The molecule has 1 N–H and O–H groups in total. The quantitative estimate of drug-likeness (QED) is 0.220. The fourth-order valence-electron chi connectivity index (χ4n) is 9.95. The molecule has 4 fully saturated rings. The number of hydrogen-bond donors (Lipinski definition) is 1. The molecular weight excluding hydrogens is 466 g/mol. The molecule has 37 heavy (non-hydrogen) atoms. The van der Waals surface area contributed by atoms with Gasteiger partial charge in [0.1, 0.15) is 11.8 Å². The summed E-state index contributed by atoms with van der Waals surface area (Å²) in [7, 11) is 0. The maximum absolute atomic E-state index is 12.5. The van der Waals surface area contributed by atoms with Gasteiger partial charge in [0.2, 0.25) is 0 Å². The number of carbonyl (C=O) groups excluding carboxylic acids is 2. The van der Waals surface area contributed by atoms with Gasteiger partial charge in [-0.15, -0.1) is 0 Å². The minimum Gasteiger partial charge on any atom is -0.462 e. The average molecular weight is 518 g/mol. The molecule has 0 aromatic carbocycles. The summed E-state index contributed by atoms with van der Waals surface area (Å²) in [6, 6.07) is 0. The van der Waals surface area contributed by atoms with E-state index in [9.17, 15) is 14.8 Å². The van der Waals surface area contributed by atoms with Gasteiger partial charge in [-0.05, 0) is 85.9 Å². The predicted molar refractivity (Wildman–Crippen MR) is 144 cm³/mol. The van der Waals surface area contributed by atoms with E-state index in [2.05, 4.69) is 39.8 Å². The molecule has 0 aromatic heterocycles. The third-order valence-electron chi connectivity index (χ3n) is 11.5. The number of carbonyl (C=O) groups is 2. The van der Waals surface area contributed by atoms with Crippen LogP contribution in [0.1, 0.15) is 119 Å². The summed E-state index contributed by atoms with van der Waals surface area (Å²) in [4.78, 5) is 24.3. The van der Waals surface area contributed by atoms with Gasteiger partial charge < -0.3 is 14.7 Å². The molecule has 6 heteroatoms. The first-order valence-corrected chi connectivity index (χ1v) is 15.0. The molecule has 0 saturated heterocycles. The molecule has 0 spiro atoms. The largest absolute Gasteiger partial charge is 0.462 e. The van der Waals surface area contributed by atoms with Crippen molar-refractivity contribution in [3.05, 3.63) is 0 Å². The Kier molecular flexibility index (Phi) is 8.08. The molecule has 0 heterocycles. The molecule has 0 unspecified atom stereocenters. The normalized spacial score (nSPS) is 43.0. The highest BCUT2D eigenvalue weighted by Gasteiger charge is 2.69. The minimum atomic E-state index is -1.02. The van der Waals surface area contributed by atoms with Crippen LogP contribution in [0.2, 0.25) is 0 Å². The fraction of sp³-hybridized carbons (Fsp3) is 0.903. The molecule has 0 radical (unpaired) electrons. The van der Waals surface area contributed by atoms with Crippen LogP contribution in [0.3, 0.4) is 0 Å². The number of nitrogens with zero attached hydrogens (tertiary/aromatic N) is 1. The maximum atomic E-state index is 12.5. The van der Waals surface area contributed by atoms with E-state index < -0.39 is 5.60 Å². The Bertz CT molecular complexity index is 900. The van der Waals surface area contributed by atoms with Gasteiger partial charge in [-0.2, -0.15) is 0 Å². The van der Waals surface area contributed by atoms with Crippen molar-refractivity contribution in [3.8, 4) is 0 Å². The Balaban J connectivity index is 1.63. The lowest BCUT2D eigenvalue weighted by molar-refractivity contribution is -0.204. The number of hydrogen-bond acceptors (Lipinski definition) is 6. The smallest absolute Gasteiger partial charge is 0.303 e. The molecule has 210 valence electrons.